The molecule has 1 nitrogen and oxygen atoms in total. The quantitative estimate of drug-likeness (QED) is 0.803. The summed E-state index contributed by atoms with van der Waals surface area (Å²) in [6, 6.07) is 7.18. The Hall–Kier alpha value is -0.890. The lowest BCUT2D eigenvalue weighted by Crippen LogP contribution is -2.11. The summed E-state index contributed by atoms with van der Waals surface area (Å²) in [5.74, 6) is 0.922. The van der Waals surface area contributed by atoms with Crippen molar-refractivity contribution in [2.45, 2.75) is 25.7 Å². The van der Waals surface area contributed by atoms with E-state index in [1.54, 1.807) is 12.1 Å². The van der Waals surface area contributed by atoms with Gasteiger partial charge in [-0.25, -0.2) is 4.39 Å². The van der Waals surface area contributed by atoms with Gasteiger partial charge in [0, 0.05) is 12.5 Å². The summed E-state index contributed by atoms with van der Waals surface area (Å²) < 4.78 is 13.6. The number of rotatable bonds is 3. The summed E-state index contributed by atoms with van der Waals surface area (Å²) in [5.41, 5.74) is 0.890. The Bertz CT molecular complexity index is 324. The second kappa shape index (κ2) is 4.75. The molecule has 1 N–H and O–H groups in total. The normalized spacial score (nSPS) is 25.7. The van der Waals surface area contributed by atoms with E-state index in [0.29, 0.717) is 11.8 Å². The Morgan fingerprint density at radius 2 is 2.13 bits per heavy atom. The average Bonchev–Trinajstić information content (AvgIpc) is 2.67. The first-order chi connectivity index (χ1) is 7.33. The third-order valence-electron chi connectivity index (χ3n) is 3.30. The average molecular weight is 207 g/mol. The predicted molar refractivity (Wildman–Crippen MR) is 60.4 cm³/mol. The third-order valence-corrected chi connectivity index (χ3v) is 3.30. The Labute approximate surface area is 90.7 Å². The van der Waals surface area contributed by atoms with Crippen molar-refractivity contribution in [3.05, 3.63) is 35.6 Å². The summed E-state index contributed by atoms with van der Waals surface area (Å²) >= 11 is 0. The minimum absolute atomic E-state index is 0.0488. The van der Waals surface area contributed by atoms with Gasteiger partial charge in [-0.1, -0.05) is 31.5 Å². The van der Waals surface area contributed by atoms with Crippen LogP contribution in [0.25, 0.3) is 0 Å². The summed E-state index contributed by atoms with van der Waals surface area (Å²) in [7, 11) is 0. The lowest BCUT2D eigenvalue weighted by molar-refractivity contribution is 0.458. The van der Waals surface area contributed by atoms with Gasteiger partial charge in [0.15, 0.2) is 0 Å². The van der Waals surface area contributed by atoms with Crippen LogP contribution in [-0.2, 0) is 0 Å². The highest BCUT2D eigenvalue weighted by molar-refractivity contribution is 5.24. The van der Waals surface area contributed by atoms with Crippen molar-refractivity contribution in [3.8, 4) is 0 Å². The summed E-state index contributed by atoms with van der Waals surface area (Å²) in [6.07, 6.45) is 2.36. The summed E-state index contributed by atoms with van der Waals surface area (Å²) in [5, 5.41) is 3.37. The van der Waals surface area contributed by atoms with Crippen molar-refractivity contribution in [1.29, 1.82) is 0 Å². The first-order valence-corrected chi connectivity index (χ1v) is 5.78. The number of hydrogen-bond acceptors (Lipinski definition) is 1. The van der Waals surface area contributed by atoms with Gasteiger partial charge in [-0.2, -0.15) is 0 Å². The van der Waals surface area contributed by atoms with Crippen molar-refractivity contribution in [1.82, 2.24) is 5.32 Å². The maximum atomic E-state index is 13.6. The molecule has 1 saturated heterocycles. The van der Waals surface area contributed by atoms with E-state index in [2.05, 4.69) is 12.2 Å². The molecule has 0 aromatic heterocycles. The van der Waals surface area contributed by atoms with E-state index >= 15 is 0 Å². The Morgan fingerprint density at radius 3 is 2.87 bits per heavy atom. The van der Waals surface area contributed by atoms with E-state index in [9.17, 15) is 4.39 Å². The van der Waals surface area contributed by atoms with Crippen LogP contribution >= 0.6 is 0 Å². The Kier molecular flexibility index (Phi) is 3.37. The molecule has 0 unspecified atom stereocenters. The second-order valence-corrected chi connectivity index (χ2v) is 4.34. The minimum atomic E-state index is -0.0488. The maximum Gasteiger partial charge on any atom is 0.126 e. The summed E-state index contributed by atoms with van der Waals surface area (Å²) in [4.78, 5) is 0. The van der Waals surface area contributed by atoms with Crippen molar-refractivity contribution >= 4 is 0 Å². The van der Waals surface area contributed by atoms with Crippen LogP contribution in [0.1, 0.15) is 31.2 Å². The first-order valence-electron chi connectivity index (χ1n) is 5.78. The number of benzene rings is 1. The van der Waals surface area contributed by atoms with E-state index in [-0.39, 0.29) is 5.82 Å². The fourth-order valence-corrected chi connectivity index (χ4v) is 2.55. The van der Waals surface area contributed by atoms with Gasteiger partial charge < -0.3 is 5.32 Å². The van der Waals surface area contributed by atoms with E-state index in [1.165, 1.54) is 12.8 Å². The van der Waals surface area contributed by atoms with Crippen LogP contribution in [0.15, 0.2) is 24.3 Å². The fourth-order valence-electron chi connectivity index (χ4n) is 2.55. The highest BCUT2D eigenvalue weighted by Crippen LogP contribution is 2.32. The van der Waals surface area contributed by atoms with Crippen LogP contribution < -0.4 is 5.32 Å². The molecular weight excluding hydrogens is 189 g/mol. The third kappa shape index (κ3) is 2.20. The van der Waals surface area contributed by atoms with Crippen LogP contribution in [0.3, 0.4) is 0 Å². The molecule has 0 saturated carbocycles. The van der Waals surface area contributed by atoms with Crippen molar-refractivity contribution in [3.63, 3.8) is 0 Å². The Balaban J connectivity index is 2.19. The predicted octanol–water partition coefficient (Wildman–Crippen LogP) is 2.93. The van der Waals surface area contributed by atoms with E-state index < -0.39 is 0 Å². The largest absolute Gasteiger partial charge is 0.316 e. The van der Waals surface area contributed by atoms with Gasteiger partial charge in [-0.15, -0.1) is 0 Å². The maximum absolute atomic E-state index is 13.6. The topological polar surface area (TPSA) is 12.0 Å². The molecule has 2 atom stereocenters. The van der Waals surface area contributed by atoms with Gasteiger partial charge >= 0.3 is 0 Å². The zero-order valence-electron chi connectivity index (χ0n) is 9.17. The standard InChI is InChI=1S/C13H18FN/c1-2-5-10-8-15-9-12(10)11-6-3-4-7-13(11)14/h3-4,6-7,10,12,15H,2,5,8-9H2,1H3/t10-,12+/m0/s1. The minimum Gasteiger partial charge on any atom is -0.316 e. The molecule has 1 fully saturated rings. The number of nitrogens with one attached hydrogen (secondary N) is 1. The molecule has 2 rings (SSSR count). The highest BCUT2D eigenvalue weighted by Gasteiger charge is 2.29. The molecule has 2 heteroatoms. The summed E-state index contributed by atoms with van der Waals surface area (Å²) in [6.45, 7) is 4.15. The highest BCUT2D eigenvalue weighted by atomic mass is 19.1. The van der Waals surface area contributed by atoms with Gasteiger partial charge in [0.1, 0.15) is 5.82 Å². The van der Waals surface area contributed by atoms with Crippen molar-refractivity contribution < 1.29 is 4.39 Å². The molecule has 0 bridgehead atoms. The molecule has 0 aliphatic carbocycles. The molecule has 0 amide bonds. The van der Waals surface area contributed by atoms with Gasteiger partial charge in [0.05, 0.1) is 0 Å². The molecule has 0 radical (unpaired) electrons. The van der Waals surface area contributed by atoms with Crippen LogP contribution in [0, 0.1) is 11.7 Å². The van der Waals surface area contributed by atoms with E-state index in [1.807, 2.05) is 12.1 Å². The van der Waals surface area contributed by atoms with Gasteiger partial charge in [-0.3, -0.25) is 0 Å². The van der Waals surface area contributed by atoms with Gasteiger partial charge in [-0.05, 0) is 30.5 Å². The van der Waals surface area contributed by atoms with Gasteiger partial charge in [0.25, 0.3) is 0 Å². The molecular formula is C13H18FN. The van der Waals surface area contributed by atoms with Crippen molar-refractivity contribution in [2.24, 2.45) is 5.92 Å². The molecule has 15 heavy (non-hydrogen) atoms. The van der Waals surface area contributed by atoms with E-state index in [0.717, 1.165) is 18.7 Å². The zero-order chi connectivity index (χ0) is 10.7. The Morgan fingerprint density at radius 1 is 1.33 bits per heavy atom. The molecule has 1 aromatic rings. The lowest BCUT2D eigenvalue weighted by atomic mass is 9.86. The second-order valence-electron chi connectivity index (χ2n) is 4.34. The molecule has 1 heterocycles. The SMILES string of the molecule is CCC[C@H]1CNC[C@H]1c1ccccc1F. The monoisotopic (exact) mass is 207 g/mol. The number of halogens is 1. The van der Waals surface area contributed by atoms with Crippen LogP contribution in [0.5, 0.6) is 0 Å². The van der Waals surface area contributed by atoms with Crippen LogP contribution in [0.2, 0.25) is 0 Å². The zero-order valence-corrected chi connectivity index (χ0v) is 9.17. The fraction of sp³-hybridized carbons (Fsp3) is 0.538. The van der Waals surface area contributed by atoms with E-state index in [4.69, 9.17) is 0 Å². The van der Waals surface area contributed by atoms with Crippen LogP contribution in [-0.4, -0.2) is 13.1 Å². The van der Waals surface area contributed by atoms with Gasteiger partial charge in [0.2, 0.25) is 0 Å². The first kappa shape index (κ1) is 10.6. The molecule has 0 spiro atoms. The molecule has 82 valence electrons. The molecule has 1 aliphatic heterocycles. The lowest BCUT2D eigenvalue weighted by Gasteiger charge is -2.18. The smallest absolute Gasteiger partial charge is 0.126 e. The van der Waals surface area contributed by atoms with Crippen molar-refractivity contribution in [2.75, 3.05) is 13.1 Å². The molecule has 1 aromatic carbocycles. The van der Waals surface area contributed by atoms with Crippen LogP contribution in [0.4, 0.5) is 4.39 Å². The number of hydrogen-bond donors (Lipinski definition) is 1. The molecule has 1 aliphatic rings.